The SMILES string of the molecule is [2H]C(C(=O)O)[C@H]([2H])[C@@]1(C)C(=O)CC[C@@H]2[C@@H]1C(=O)C[C@@]1(C)[C@H]2CC[C@@]12OCO[C@]21COCO1. The molecule has 0 bridgehead atoms. The number of carbonyl (C=O) groups excluding carboxylic acids is 2. The number of ether oxygens (including phenoxy) is 4. The van der Waals surface area contributed by atoms with Gasteiger partial charge in [0.1, 0.15) is 23.8 Å². The van der Waals surface area contributed by atoms with Gasteiger partial charge in [0, 0.05) is 38.7 Å². The summed E-state index contributed by atoms with van der Waals surface area (Å²) in [7, 11) is 0. The molecule has 2 spiro atoms. The number of aliphatic carboxylic acids is 1. The van der Waals surface area contributed by atoms with Crippen LogP contribution in [0.2, 0.25) is 0 Å². The van der Waals surface area contributed by atoms with E-state index in [0.29, 0.717) is 12.8 Å². The molecule has 8 nitrogen and oxygen atoms in total. The highest BCUT2D eigenvalue weighted by atomic mass is 16.9. The number of carboxylic acids is 1. The van der Waals surface area contributed by atoms with E-state index < -0.39 is 46.9 Å². The highest BCUT2D eigenvalue weighted by Gasteiger charge is 2.77. The van der Waals surface area contributed by atoms with Crippen molar-refractivity contribution in [1.82, 2.24) is 0 Å². The van der Waals surface area contributed by atoms with Crippen LogP contribution in [0.3, 0.4) is 0 Å². The fourth-order valence-corrected chi connectivity index (χ4v) is 7.48. The van der Waals surface area contributed by atoms with Crippen LogP contribution < -0.4 is 0 Å². The second-order valence-corrected chi connectivity index (χ2v) is 9.86. The van der Waals surface area contributed by atoms with Gasteiger partial charge < -0.3 is 24.1 Å². The van der Waals surface area contributed by atoms with Gasteiger partial charge >= 0.3 is 5.97 Å². The van der Waals surface area contributed by atoms with E-state index in [1.807, 2.05) is 6.92 Å². The number of Topliss-reactive ketones (excluding diaryl/α,β-unsaturated/α-hetero) is 2. The Bertz CT molecular complexity index is 853. The van der Waals surface area contributed by atoms with Gasteiger partial charge in [-0.05, 0) is 37.5 Å². The van der Waals surface area contributed by atoms with Crippen molar-refractivity contribution in [3.8, 4) is 0 Å². The number of carbonyl (C=O) groups is 3. The minimum atomic E-state index is -1.79. The first-order valence-electron chi connectivity index (χ1n) is 11.8. The van der Waals surface area contributed by atoms with Crippen LogP contribution in [-0.2, 0) is 33.3 Å². The van der Waals surface area contributed by atoms with Crippen molar-refractivity contribution in [2.75, 3.05) is 20.2 Å². The molecule has 0 amide bonds. The quantitative estimate of drug-likeness (QED) is 0.735. The summed E-state index contributed by atoms with van der Waals surface area (Å²) >= 11 is 0. The normalized spacial score (nSPS) is 53.3. The first kappa shape index (κ1) is 18.2. The summed E-state index contributed by atoms with van der Waals surface area (Å²) in [5, 5.41) is 9.33. The van der Waals surface area contributed by atoms with Gasteiger partial charge in [0.15, 0.2) is 13.6 Å². The van der Waals surface area contributed by atoms with Gasteiger partial charge in [0.2, 0.25) is 5.79 Å². The predicted molar refractivity (Wildman–Crippen MR) is 101 cm³/mol. The zero-order valence-corrected chi connectivity index (χ0v) is 17.3. The third-order valence-electron chi connectivity index (χ3n) is 8.79. The number of fused-ring (bicyclic) bond motifs is 5. The maximum Gasteiger partial charge on any atom is 0.303 e. The molecule has 0 aromatic carbocycles. The Kier molecular flexibility index (Phi) is 4.00. The zero-order valence-electron chi connectivity index (χ0n) is 19.3. The first-order chi connectivity index (χ1) is 15.0. The molecular formula is C22H30O8. The van der Waals surface area contributed by atoms with Crippen LogP contribution in [-0.4, -0.2) is 54.2 Å². The van der Waals surface area contributed by atoms with Crippen molar-refractivity contribution in [3.63, 3.8) is 0 Å². The Morgan fingerprint density at radius 1 is 1.20 bits per heavy atom. The van der Waals surface area contributed by atoms with Crippen molar-refractivity contribution < 1.29 is 41.2 Å². The van der Waals surface area contributed by atoms with Gasteiger partial charge in [-0.1, -0.05) is 13.8 Å². The average molecular weight is 424 g/mol. The van der Waals surface area contributed by atoms with Crippen LogP contribution in [0.15, 0.2) is 0 Å². The van der Waals surface area contributed by atoms with Crippen molar-refractivity contribution in [1.29, 1.82) is 0 Å². The molecule has 2 aliphatic heterocycles. The lowest BCUT2D eigenvalue weighted by atomic mass is 9.47. The Labute approximate surface area is 178 Å². The van der Waals surface area contributed by atoms with E-state index >= 15 is 0 Å². The predicted octanol–water partition coefficient (Wildman–Crippen LogP) is 2.29. The molecule has 3 saturated carbocycles. The maximum absolute atomic E-state index is 13.8. The molecule has 5 aliphatic rings. The smallest absolute Gasteiger partial charge is 0.303 e. The lowest BCUT2D eigenvalue weighted by Crippen LogP contribution is -2.65. The number of ketones is 2. The number of carboxylic acid groups (broad SMARTS) is 1. The molecule has 30 heavy (non-hydrogen) atoms. The molecule has 166 valence electrons. The molecule has 2 heterocycles. The Balaban J connectivity index is 1.55. The summed E-state index contributed by atoms with van der Waals surface area (Å²) in [6, 6.07) is 0. The van der Waals surface area contributed by atoms with Crippen molar-refractivity contribution in [3.05, 3.63) is 0 Å². The average Bonchev–Trinajstić information content (AvgIpc) is 3.44. The van der Waals surface area contributed by atoms with E-state index in [9.17, 15) is 19.5 Å². The molecule has 5 fully saturated rings. The van der Waals surface area contributed by atoms with E-state index in [2.05, 4.69) is 0 Å². The van der Waals surface area contributed by atoms with Crippen LogP contribution in [0.1, 0.15) is 61.5 Å². The van der Waals surface area contributed by atoms with Gasteiger partial charge in [0.25, 0.3) is 0 Å². The topological polar surface area (TPSA) is 108 Å². The first-order valence-corrected chi connectivity index (χ1v) is 10.7. The van der Waals surface area contributed by atoms with Gasteiger partial charge in [-0.3, -0.25) is 14.4 Å². The lowest BCUT2D eigenvalue weighted by molar-refractivity contribution is -0.246. The lowest BCUT2D eigenvalue weighted by Gasteiger charge is -2.57. The van der Waals surface area contributed by atoms with Gasteiger partial charge in [-0.2, -0.15) is 0 Å². The fourth-order valence-electron chi connectivity index (χ4n) is 7.48. The second-order valence-electron chi connectivity index (χ2n) is 9.86. The molecule has 2 saturated heterocycles. The minimum Gasteiger partial charge on any atom is -0.481 e. The Hall–Kier alpha value is -1.35. The second kappa shape index (κ2) is 6.58. The molecule has 9 atom stereocenters. The van der Waals surface area contributed by atoms with E-state index in [1.165, 1.54) is 6.92 Å². The van der Waals surface area contributed by atoms with E-state index in [1.54, 1.807) is 0 Å². The highest BCUT2D eigenvalue weighted by Crippen LogP contribution is 2.69. The minimum absolute atomic E-state index is 0.0154. The number of hydrogen-bond donors (Lipinski definition) is 1. The third-order valence-corrected chi connectivity index (χ3v) is 8.79. The van der Waals surface area contributed by atoms with E-state index in [-0.39, 0.29) is 56.4 Å². The monoisotopic (exact) mass is 424 g/mol. The standard InChI is InChI=1S/C22H30O8/c1-19(7-6-17(25)26)16(24)4-3-13-14-5-8-21(20(14,2)9-15(23)18(13)19)22(30-12-28-21)10-27-11-29-22/h13-14,18H,3-12H2,1-2H3,(H,25,26)/t13-,14-,18+,19-,20-,21+,22+/m0/s1/i6D,7D/t6?,7-,13-,14-,18+,19-,20-,21+,22+. The molecule has 0 aromatic rings. The van der Waals surface area contributed by atoms with E-state index in [0.717, 1.165) is 6.42 Å². The molecule has 1 N–H and O–H groups in total. The third kappa shape index (κ3) is 2.39. The zero-order chi connectivity index (χ0) is 23.1. The summed E-state index contributed by atoms with van der Waals surface area (Å²) in [4.78, 5) is 38.3. The highest BCUT2D eigenvalue weighted by molar-refractivity contribution is 5.95. The van der Waals surface area contributed by atoms with Crippen LogP contribution in [0.5, 0.6) is 0 Å². The van der Waals surface area contributed by atoms with Crippen LogP contribution in [0.4, 0.5) is 0 Å². The van der Waals surface area contributed by atoms with Crippen molar-refractivity contribution >= 4 is 17.5 Å². The molecule has 3 aliphatic carbocycles. The van der Waals surface area contributed by atoms with Gasteiger partial charge in [0.05, 0.1) is 0 Å². The summed E-state index contributed by atoms with van der Waals surface area (Å²) in [5.74, 6) is -3.92. The fraction of sp³-hybridized carbons (Fsp3) is 0.864. The van der Waals surface area contributed by atoms with Crippen LogP contribution >= 0.6 is 0 Å². The Morgan fingerprint density at radius 2 is 1.97 bits per heavy atom. The molecular weight excluding hydrogens is 392 g/mol. The molecule has 5 rings (SSSR count). The number of hydrogen-bond acceptors (Lipinski definition) is 7. The molecule has 0 radical (unpaired) electrons. The largest absolute Gasteiger partial charge is 0.481 e. The van der Waals surface area contributed by atoms with Gasteiger partial charge in [-0.25, -0.2) is 0 Å². The van der Waals surface area contributed by atoms with Crippen molar-refractivity contribution in [2.24, 2.45) is 28.6 Å². The summed E-state index contributed by atoms with van der Waals surface area (Å²) in [6.07, 6.45) is -1.14. The summed E-state index contributed by atoms with van der Waals surface area (Å²) in [5.41, 5.74) is -2.96. The summed E-state index contributed by atoms with van der Waals surface area (Å²) in [6.45, 7) is 3.94. The molecule has 0 aromatic heterocycles. The molecule has 8 heteroatoms. The van der Waals surface area contributed by atoms with Crippen molar-refractivity contribution in [2.45, 2.75) is 70.1 Å². The van der Waals surface area contributed by atoms with Gasteiger partial charge in [-0.15, -0.1) is 0 Å². The Morgan fingerprint density at radius 3 is 2.67 bits per heavy atom. The number of rotatable bonds is 3. The van der Waals surface area contributed by atoms with Crippen LogP contribution in [0, 0.1) is 28.6 Å². The summed E-state index contributed by atoms with van der Waals surface area (Å²) < 4.78 is 40.1. The maximum atomic E-state index is 13.8. The molecule has 1 unspecified atom stereocenters. The van der Waals surface area contributed by atoms with Crippen LogP contribution in [0.25, 0.3) is 0 Å². The van der Waals surface area contributed by atoms with E-state index in [4.69, 9.17) is 21.7 Å².